The first kappa shape index (κ1) is 14.6. The van der Waals surface area contributed by atoms with Crippen molar-refractivity contribution in [2.45, 2.75) is 46.0 Å². The lowest BCUT2D eigenvalue weighted by Crippen LogP contribution is -1.70. The molecule has 0 saturated carbocycles. The van der Waals surface area contributed by atoms with Crippen LogP contribution in [0.3, 0.4) is 0 Å². The summed E-state index contributed by atoms with van der Waals surface area (Å²) in [5, 5.41) is 0. The van der Waals surface area contributed by atoms with Gasteiger partial charge in [-0.15, -0.1) is 0 Å². The van der Waals surface area contributed by atoms with E-state index in [2.05, 4.69) is 13.8 Å². The lowest BCUT2D eigenvalue weighted by molar-refractivity contribution is 0.275. The highest BCUT2D eigenvalue weighted by Gasteiger charge is 2.00. The van der Waals surface area contributed by atoms with Crippen LogP contribution in [0.4, 0.5) is 0 Å². The van der Waals surface area contributed by atoms with Crippen molar-refractivity contribution in [1.29, 1.82) is 0 Å². The first-order chi connectivity index (χ1) is 5.41. The summed E-state index contributed by atoms with van der Waals surface area (Å²) in [7, 11) is -4.64. The van der Waals surface area contributed by atoms with Crippen molar-refractivity contribution in [3.8, 4) is 0 Å². The van der Waals surface area contributed by atoms with Crippen LogP contribution < -0.4 is 0 Å². The van der Waals surface area contributed by atoms with Crippen LogP contribution in [0.15, 0.2) is 0 Å². The molecule has 0 spiro atoms. The van der Waals surface area contributed by atoms with Crippen molar-refractivity contribution in [2.24, 2.45) is 0 Å². The number of phosphoric acid groups is 1. The topological polar surface area (TPSA) is 77.8 Å². The van der Waals surface area contributed by atoms with Gasteiger partial charge in [-0.25, -0.2) is 4.57 Å². The van der Waals surface area contributed by atoms with Gasteiger partial charge in [0.2, 0.25) is 0 Å². The molecule has 76 valence electrons. The highest BCUT2D eigenvalue weighted by Crippen LogP contribution is 2.25. The first-order valence-electron chi connectivity index (χ1n) is 4.20. The van der Waals surface area contributed by atoms with Crippen LogP contribution in [-0.2, 0) is 4.57 Å². The summed E-state index contributed by atoms with van der Waals surface area (Å²) < 4.78 is 8.88. The van der Waals surface area contributed by atoms with E-state index in [-0.39, 0.29) is 0 Å². The third-order valence-corrected chi connectivity index (χ3v) is 1.21. The summed E-state index contributed by atoms with van der Waals surface area (Å²) in [5.74, 6) is 0. The van der Waals surface area contributed by atoms with Crippen molar-refractivity contribution >= 4 is 7.82 Å². The van der Waals surface area contributed by atoms with Crippen LogP contribution >= 0.6 is 7.82 Å². The number of unbranched alkanes of at least 4 members (excludes halogenated alkanes) is 4. The van der Waals surface area contributed by atoms with Crippen molar-refractivity contribution in [2.75, 3.05) is 0 Å². The minimum atomic E-state index is -4.64. The molecule has 0 aromatic carbocycles. The molecule has 0 atom stereocenters. The van der Waals surface area contributed by atoms with Crippen LogP contribution in [0.1, 0.15) is 46.0 Å². The molecule has 3 N–H and O–H groups in total. The van der Waals surface area contributed by atoms with Gasteiger partial charge in [-0.1, -0.05) is 46.0 Å². The Morgan fingerprint density at radius 3 is 1.33 bits per heavy atom. The van der Waals surface area contributed by atoms with Gasteiger partial charge in [-0.05, 0) is 0 Å². The molecule has 0 bridgehead atoms. The number of hydrogen-bond donors (Lipinski definition) is 3. The van der Waals surface area contributed by atoms with Crippen LogP contribution in [0, 0.1) is 0 Å². The Labute approximate surface area is 73.9 Å². The molecule has 0 aromatic rings. The zero-order valence-electron chi connectivity index (χ0n) is 7.73. The highest BCUT2D eigenvalue weighted by molar-refractivity contribution is 7.45. The van der Waals surface area contributed by atoms with E-state index in [1.54, 1.807) is 0 Å². The van der Waals surface area contributed by atoms with Crippen molar-refractivity contribution in [3.05, 3.63) is 0 Å². The summed E-state index contributed by atoms with van der Waals surface area (Å²) in [4.78, 5) is 21.6. The fourth-order valence-corrected chi connectivity index (χ4v) is 0.677. The standard InChI is InChI=1S/C7H16.H3O4P/c1-3-5-7-6-4-2;1-5(2,3)4/h3-7H2,1-2H3;(H3,1,2,3,4). The van der Waals surface area contributed by atoms with Crippen molar-refractivity contribution in [3.63, 3.8) is 0 Å². The Morgan fingerprint density at radius 2 is 1.17 bits per heavy atom. The Kier molecular flexibility index (Phi) is 11.2. The van der Waals surface area contributed by atoms with E-state index in [4.69, 9.17) is 19.2 Å². The van der Waals surface area contributed by atoms with Gasteiger partial charge in [0.05, 0.1) is 0 Å². The van der Waals surface area contributed by atoms with E-state index >= 15 is 0 Å². The Bertz CT molecular complexity index is 108. The highest BCUT2D eigenvalue weighted by atomic mass is 31.2. The fraction of sp³-hybridized carbons (Fsp3) is 1.00. The molecule has 0 heterocycles. The molecule has 0 radical (unpaired) electrons. The third-order valence-electron chi connectivity index (χ3n) is 1.21. The summed E-state index contributed by atoms with van der Waals surface area (Å²) in [6.45, 7) is 4.49. The molecule has 0 aliphatic carbocycles. The van der Waals surface area contributed by atoms with E-state index in [1.807, 2.05) is 0 Å². The second-order valence-corrected chi connectivity index (χ2v) is 3.60. The van der Waals surface area contributed by atoms with Crippen LogP contribution in [-0.4, -0.2) is 14.7 Å². The quantitative estimate of drug-likeness (QED) is 0.477. The van der Waals surface area contributed by atoms with Crippen molar-refractivity contribution in [1.82, 2.24) is 0 Å². The SMILES string of the molecule is CCCCCCC.O=P(O)(O)O. The van der Waals surface area contributed by atoms with Crippen LogP contribution in [0.2, 0.25) is 0 Å². The lowest BCUT2D eigenvalue weighted by atomic mass is 10.2. The van der Waals surface area contributed by atoms with Crippen LogP contribution in [0.5, 0.6) is 0 Å². The second-order valence-electron chi connectivity index (χ2n) is 2.57. The molecule has 0 unspecified atom stereocenters. The van der Waals surface area contributed by atoms with Gasteiger partial charge in [-0.2, -0.15) is 0 Å². The molecule has 4 nitrogen and oxygen atoms in total. The van der Waals surface area contributed by atoms with E-state index in [0.29, 0.717) is 0 Å². The van der Waals surface area contributed by atoms with E-state index in [1.165, 1.54) is 32.1 Å². The second kappa shape index (κ2) is 9.20. The molecule has 0 fully saturated rings. The molecule has 0 rings (SSSR count). The Morgan fingerprint density at radius 1 is 0.917 bits per heavy atom. The maximum absolute atomic E-state index is 8.88. The largest absolute Gasteiger partial charge is 0.466 e. The molecular formula is C7H19O4P. The fourth-order valence-electron chi connectivity index (χ4n) is 0.677. The third kappa shape index (κ3) is 49.7. The maximum atomic E-state index is 8.88. The summed E-state index contributed by atoms with van der Waals surface area (Å²) in [6.07, 6.45) is 7.01. The molecule has 0 aliphatic rings. The molecule has 5 heteroatoms. The van der Waals surface area contributed by atoms with E-state index in [9.17, 15) is 0 Å². The molecule has 12 heavy (non-hydrogen) atoms. The molecular weight excluding hydrogens is 179 g/mol. The summed E-state index contributed by atoms with van der Waals surface area (Å²) in [6, 6.07) is 0. The molecule has 0 saturated heterocycles. The molecule has 0 aromatic heterocycles. The van der Waals surface area contributed by atoms with E-state index in [0.717, 1.165) is 0 Å². The predicted octanol–water partition coefficient (Wildman–Crippen LogP) is 2.05. The summed E-state index contributed by atoms with van der Waals surface area (Å²) >= 11 is 0. The molecule has 0 aliphatic heterocycles. The zero-order chi connectivity index (χ0) is 10.0. The zero-order valence-corrected chi connectivity index (χ0v) is 8.63. The van der Waals surface area contributed by atoms with Gasteiger partial charge in [0, 0.05) is 0 Å². The van der Waals surface area contributed by atoms with Crippen LogP contribution in [0.25, 0.3) is 0 Å². The monoisotopic (exact) mass is 198 g/mol. The van der Waals surface area contributed by atoms with Gasteiger partial charge in [-0.3, -0.25) is 0 Å². The number of rotatable bonds is 4. The lowest BCUT2D eigenvalue weighted by Gasteiger charge is -1.90. The maximum Gasteiger partial charge on any atom is 0.466 e. The van der Waals surface area contributed by atoms with Gasteiger partial charge >= 0.3 is 7.82 Å². The van der Waals surface area contributed by atoms with Gasteiger partial charge in [0.15, 0.2) is 0 Å². The average Bonchev–Trinajstić information content (AvgIpc) is 1.85. The normalized spacial score (nSPS) is 10.4. The minimum Gasteiger partial charge on any atom is -0.303 e. The van der Waals surface area contributed by atoms with Gasteiger partial charge in [0.1, 0.15) is 0 Å². The Balaban J connectivity index is 0. The minimum absolute atomic E-state index is 1.36. The van der Waals surface area contributed by atoms with Gasteiger partial charge < -0.3 is 14.7 Å². The predicted molar refractivity (Wildman–Crippen MR) is 48.7 cm³/mol. The van der Waals surface area contributed by atoms with E-state index < -0.39 is 7.82 Å². The summed E-state index contributed by atoms with van der Waals surface area (Å²) in [5.41, 5.74) is 0. The Hall–Kier alpha value is 0.110. The first-order valence-corrected chi connectivity index (χ1v) is 5.76. The smallest absolute Gasteiger partial charge is 0.303 e. The number of hydrogen-bond acceptors (Lipinski definition) is 1. The van der Waals surface area contributed by atoms with Crippen molar-refractivity contribution < 1.29 is 19.2 Å². The van der Waals surface area contributed by atoms with Gasteiger partial charge in [0.25, 0.3) is 0 Å². The average molecular weight is 198 g/mol. The molecule has 0 amide bonds.